The maximum atomic E-state index is 12.1. The van der Waals surface area contributed by atoms with Crippen molar-refractivity contribution >= 4 is 17.6 Å². The number of carbonyl (C=O) groups is 1. The molecular formula is C20H22ClN3O3. The predicted octanol–water partition coefficient (Wildman–Crippen LogP) is 3.95. The minimum absolute atomic E-state index is 0.279. The van der Waals surface area contributed by atoms with E-state index in [2.05, 4.69) is 24.0 Å². The molecule has 0 fully saturated rings. The van der Waals surface area contributed by atoms with Gasteiger partial charge < -0.3 is 9.30 Å². The summed E-state index contributed by atoms with van der Waals surface area (Å²) < 4.78 is 6.69. The first-order valence-electron chi connectivity index (χ1n) is 8.82. The smallest absolute Gasteiger partial charge is 0.341 e. The Morgan fingerprint density at radius 1 is 1.26 bits per heavy atom. The number of fused-ring (bicyclic) bond motifs is 1. The van der Waals surface area contributed by atoms with Gasteiger partial charge in [-0.15, -0.1) is 0 Å². The molecule has 0 aliphatic carbocycles. The maximum Gasteiger partial charge on any atom is 0.341 e. The van der Waals surface area contributed by atoms with Gasteiger partial charge in [-0.1, -0.05) is 37.6 Å². The van der Waals surface area contributed by atoms with Gasteiger partial charge in [-0.05, 0) is 36.0 Å². The molecule has 0 unspecified atom stereocenters. The molecule has 0 spiro atoms. The molecule has 0 bridgehead atoms. The van der Waals surface area contributed by atoms with E-state index in [4.69, 9.17) is 16.3 Å². The van der Waals surface area contributed by atoms with Crippen LogP contribution < -0.4 is 5.56 Å². The minimum atomic E-state index is -0.515. The monoisotopic (exact) mass is 387 g/mol. The summed E-state index contributed by atoms with van der Waals surface area (Å²) in [6.45, 7) is 5.01. The first-order valence-corrected chi connectivity index (χ1v) is 9.20. The van der Waals surface area contributed by atoms with E-state index in [0.29, 0.717) is 34.7 Å². The Kier molecular flexibility index (Phi) is 5.65. The Balaban J connectivity index is 1.90. The quantitative estimate of drug-likeness (QED) is 0.650. The number of ether oxygens (including phenoxy) is 1. The molecule has 7 heteroatoms. The van der Waals surface area contributed by atoms with Crippen molar-refractivity contribution in [2.75, 3.05) is 7.11 Å². The highest BCUT2D eigenvalue weighted by molar-refractivity contribution is 6.30. The van der Waals surface area contributed by atoms with Crippen LogP contribution in [-0.2, 0) is 11.3 Å². The van der Waals surface area contributed by atoms with Crippen molar-refractivity contribution in [3.8, 4) is 11.3 Å². The molecule has 0 aromatic heterocycles. The van der Waals surface area contributed by atoms with Crippen molar-refractivity contribution in [3.63, 3.8) is 0 Å². The molecule has 2 aliphatic heterocycles. The highest BCUT2D eigenvalue weighted by atomic mass is 35.5. The Bertz CT molecular complexity index is 959. The van der Waals surface area contributed by atoms with Crippen molar-refractivity contribution in [2.45, 2.75) is 32.7 Å². The molecule has 27 heavy (non-hydrogen) atoms. The Morgan fingerprint density at radius 2 is 1.96 bits per heavy atom. The summed E-state index contributed by atoms with van der Waals surface area (Å²) in [5.41, 5.74) is 1.90. The van der Waals surface area contributed by atoms with Gasteiger partial charge in [0, 0.05) is 24.0 Å². The number of aryl methyl sites for hydroxylation is 1. The number of carbonyl (C=O) groups excluding carboxylic acids is 1. The fraction of sp³-hybridized carbons (Fsp3) is 0.350. The zero-order chi connectivity index (χ0) is 19.6. The number of pyridine rings is 1. The number of nitrogens with zero attached hydrogens (tertiary/aromatic N) is 2. The number of hydrogen-bond acceptors (Lipinski definition) is 4. The number of aromatic amines is 1. The average molecular weight is 388 g/mol. The highest BCUT2D eigenvalue weighted by Crippen LogP contribution is 2.30. The first kappa shape index (κ1) is 19.2. The third-order valence-electron chi connectivity index (χ3n) is 4.82. The number of aromatic nitrogens is 3. The van der Waals surface area contributed by atoms with E-state index in [0.717, 1.165) is 6.42 Å². The van der Waals surface area contributed by atoms with Gasteiger partial charge in [0.15, 0.2) is 0 Å². The van der Waals surface area contributed by atoms with Crippen LogP contribution >= 0.6 is 11.6 Å². The van der Waals surface area contributed by atoms with E-state index in [9.17, 15) is 9.59 Å². The SMILES string of the molecule is COC(=O)c1cn(CC[C@H](c2ccc(Cl)cc2)C(C)C)cc2c(=O)[nH]nc1-2. The zero-order valence-corrected chi connectivity index (χ0v) is 16.3. The molecule has 142 valence electrons. The van der Waals surface area contributed by atoms with Gasteiger partial charge in [0.2, 0.25) is 0 Å². The van der Waals surface area contributed by atoms with Crippen molar-refractivity contribution in [1.82, 2.24) is 14.8 Å². The Morgan fingerprint density at radius 3 is 2.59 bits per heavy atom. The van der Waals surface area contributed by atoms with E-state index in [-0.39, 0.29) is 11.1 Å². The molecule has 3 rings (SSSR count). The van der Waals surface area contributed by atoms with Crippen molar-refractivity contribution < 1.29 is 9.53 Å². The number of hydrogen-bond donors (Lipinski definition) is 1. The molecule has 0 saturated heterocycles. The fourth-order valence-corrected chi connectivity index (χ4v) is 3.49. The number of rotatable bonds is 6. The third-order valence-corrected chi connectivity index (χ3v) is 5.07. The zero-order valence-electron chi connectivity index (χ0n) is 15.5. The standard InChI is InChI=1S/C20H22ClN3O3/c1-12(2)15(13-4-6-14(21)7-5-13)8-9-24-10-16-18(22-23-19(16)25)17(11-24)20(26)27-3/h4-7,10-12,15H,8-9H2,1-3H3,(H,23,25)/t15-/m0/s1. The Hall–Kier alpha value is -2.60. The molecule has 0 radical (unpaired) electrons. The summed E-state index contributed by atoms with van der Waals surface area (Å²) >= 11 is 6.00. The van der Waals surface area contributed by atoms with Crippen molar-refractivity contribution in [1.29, 1.82) is 0 Å². The molecule has 2 aliphatic rings. The second kappa shape index (κ2) is 7.96. The lowest BCUT2D eigenvalue weighted by Crippen LogP contribution is -2.15. The predicted molar refractivity (Wildman–Crippen MR) is 104 cm³/mol. The first-order chi connectivity index (χ1) is 12.9. The number of methoxy groups -OCH3 is 1. The normalized spacial score (nSPS) is 12.5. The van der Waals surface area contributed by atoms with Crippen LogP contribution in [0.15, 0.2) is 41.5 Å². The number of nitrogens with one attached hydrogen (secondary N) is 1. The maximum absolute atomic E-state index is 12.1. The molecule has 6 nitrogen and oxygen atoms in total. The van der Waals surface area contributed by atoms with Gasteiger partial charge in [0.1, 0.15) is 11.3 Å². The van der Waals surface area contributed by atoms with Crippen LogP contribution in [0.25, 0.3) is 11.3 Å². The summed E-state index contributed by atoms with van der Waals surface area (Å²) in [6.07, 6.45) is 4.27. The highest BCUT2D eigenvalue weighted by Gasteiger charge is 2.22. The topological polar surface area (TPSA) is 77.0 Å². The second-order valence-electron chi connectivity index (χ2n) is 6.91. The lowest BCUT2D eigenvalue weighted by atomic mass is 9.86. The molecule has 1 aromatic carbocycles. The molecule has 0 amide bonds. The van der Waals surface area contributed by atoms with E-state index in [1.165, 1.54) is 12.7 Å². The second-order valence-corrected chi connectivity index (χ2v) is 7.34. The van der Waals surface area contributed by atoms with Gasteiger partial charge in [-0.2, -0.15) is 5.10 Å². The minimum Gasteiger partial charge on any atom is -0.465 e. The van der Waals surface area contributed by atoms with Gasteiger partial charge in [-0.3, -0.25) is 4.79 Å². The van der Waals surface area contributed by atoms with Crippen LogP contribution in [-0.4, -0.2) is 27.8 Å². The van der Waals surface area contributed by atoms with Gasteiger partial charge in [0.25, 0.3) is 5.56 Å². The van der Waals surface area contributed by atoms with Crippen LogP contribution in [0.4, 0.5) is 0 Å². The number of esters is 1. The number of H-pyrrole nitrogens is 1. The molecule has 1 atom stereocenters. The summed E-state index contributed by atoms with van der Waals surface area (Å²) in [4.78, 5) is 24.1. The van der Waals surface area contributed by atoms with Crippen LogP contribution in [0, 0.1) is 5.92 Å². The van der Waals surface area contributed by atoms with Crippen LogP contribution in [0.5, 0.6) is 0 Å². The van der Waals surface area contributed by atoms with Crippen molar-refractivity contribution in [3.05, 3.63) is 63.2 Å². The molecular weight excluding hydrogens is 366 g/mol. The Labute approximate surface area is 162 Å². The van der Waals surface area contributed by atoms with E-state index < -0.39 is 5.97 Å². The molecule has 0 saturated carbocycles. The fourth-order valence-electron chi connectivity index (χ4n) is 3.36. The van der Waals surface area contributed by atoms with Gasteiger partial charge in [0.05, 0.1) is 12.7 Å². The van der Waals surface area contributed by atoms with Gasteiger partial charge in [-0.25, -0.2) is 9.89 Å². The van der Waals surface area contributed by atoms with Crippen LogP contribution in [0.2, 0.25) is 5.02 Å². The summed E-state index contributed by atoms with van der Waals surface area (Å²) in [7, 11) is 1.31. The molecule has 2 heterocycles. The van der Waals surface area contributed by atoms with Gasteiger partial charge >= 0.3 is 5.97 Å². The molecule has 1 aromatic rings. The van der Waals surface area contributed by atoms with Crippen LogP contribution in [0.1, 0.15) is 42.1 Å². The number of benzene rings is 1. The number of halogens is 1. The summed E-state index contributed by atoms with van der Waals surface area (Å²) in [5, 5.41) is 7.06. The summed E-state index contributed by atoms with van der Waals surface area (Å²) in [6, 6.07) is 7.89. The lowest BCUT2D eigenvalue weighted by molar-refractivity contribution is 0.0600. The van der Waals surface area contributed by atoms with Crippen molar-refractivity contribution in [2.24, 2.45) is 5.92 Å². The molecule has 1 N–H and O–H groups in total. The average Bonchev–Trinajstić information content (AvgIpc) is 3.03. The largest absolute Gasteiger partial charge is 0.465 e. The third kappa shape index (κ3) is 4.06. The lowest BCUT2D eigenvalue weighted by Gasteiger charge is -2.22. The van der Waals surface area contributed by atoms with E-state index >= 15 is 0 Å². The van der Waals surface area contributed by atoms with E-state index in [1.54, 1.807) is 12.4 Å². The summed E-state index contributed by atoms with van der Waals surface area (Å²) in [5.74, 6) is 0.238. The van der Waals surface area contributed by atoms with E-state index in [1.807, 2.05) is 28.8 Å². The van der Waals surface area contributed by atoms with Crippen LogP contribution in [0.3, 0.4) is 0 Å².